The van der Waals surface area contributed by atoms with Crippen LogP contribution in [0.4, 0.5) is 0 Å². The van der Waals surface area contributed by atoms with Crippen LogP contribution in [0, 0.1) is 22.7 Å². The molecule has 1 N–H and O–H groups in total. The Kier molecular flexibility index (Phi) is 4.68. The number of rotatable bonds is 2. The first-order valence-electron chi connectivity index (χ1n) is 10.0. The second-order valence-electron chi connectivity index (χ2n) is 10.2. The Bertz CT molecular complexity index is 670. The number of Topliss-reactive ketones (excluding diaryl/α,β-unsaturated/α-hetero) is 1. The van der Waals surface area contributed by atoms with E-state index in [1.165, 1.54) is 6.92 Å². The van der Waals surface area contributed by atoms with Crippen LogP contribution in [0.15, 0.2) is 12.7 Å². The van der Waals surface area contributed by atoms with Gasteiger partial charge in [-0.2, -0.15) is 0 Å². The number of carbonyl (C=O) groups excluding carboxylic acids is 2. The maximum Gasteiger partial charge on any atom is 0.303 e. The SMILES string of the molecule is C=C[C@@]1(C)CC(=O)[C@@H]2C3(C)CCCC(C)(C)[C@@H]3C(O)C(OC(C)=O)[C@@]2(C)O1. The number of ketones is 1. The fourth-order valence-corrected chi connectivity index (χ4v) is 6.91. The largest absolute Gasteiger partial charge is 0.457 e. The van der Waals surface area contributed by atoms with E-state index in [0.29, 0.717) is 0 Å². The molecule has 2 saturated carbocycles. The number of esters is 1. The molecule has 2 aliphatic carbocycles. The Labute approximate surface area is 162 Å². The summed E-state index contributed by atoms with van der Waals surface area (Å²) in [6.07, 6.45) is 2.94. The van der Waals surface area contributed by atoms with Crippen LogP contribution >= 0.6 is 0 Å². The lowest BCUT2D eigenvalue weighted by molar-refractivity contribution is -0.307. The average molecular weight is 379 g/mol. The molecule has 3 fully saturated rings. The normalized spacial score (nSPS) is 48.9. The van der Waals surface area contributed by atoms with Gasteiger partial charge in [-0.05, 0) is 43.4 Å². The minimum atomic E-state index is -1.10. The van der Waals surface area contributed by atoms with Crippen LogP contribution in [0.25, 0.3) is 0 Å². The molecule has 5 nitrogen and oxygen atoms in total. The standard InChI is InChI=1S/C22H34O5/c1-8-20(5)12-14(24)16-21(6)11-9-10-19(3,4)17(21)15(25)18(26-13(2)23)22(16,7)27-20/h8,15-18,25H,1,9-12H2,2-7H3/t15?,16-,17+,18?,20+,21?,22+/m1/s1. The van der Waals surface area contributed by atoms with Crippen LogP contribution in [0.2, 0.25) is 0 Å². The zero-order chi connectivity index (χ0) is 20.4. The van der Waals surface area contributed by atoms with Crippen molar-refractivity contribution in [3.05, 3.63) is 12.7 Å². The van der Waals surface area contributed by atoms with Crippen molar-refractivity contribution in [2.75, 3.05) is 0 Å². The van der Waals surface area contributed by atoms with Crippen molar-refractivity contribution in [3.8, 4) is 0 Å². The lowest BCUT2D eigenvalue weighted by atomic mass is 9.42. The number of aliphatic hydroxyl groups is 1. The summed E-state index contributed by atoms with van der Waals surface area (Å²) in [6, 6.07) is 0. The first-order valence-corrected chi connectivity index (χ1v) is 10.0. The molecule has 0 amide bonds. The number of carbonyl (C=O) groups is 2. The van der Waals surface area contributed by atoms with E-state index in [2.05, 4.69) is 27.4 Å². The van der Waals surface area contributed by atoms with Crippen LogP contribution in [-0.2, 0) is 19.1 Å². The first-order chi connectivity index (χ1) is 12.3. The summed E-state index contributed by atoms with van der Waals surface area (Å²) in [7, 11) is 0. The van der Waals surface area contributed by atoms with Crippen molar-refractivity contribution in [2.24, 2.45) is 22.7 Å². The van der Waals surface area contributed by atoms with E-state index in [9.17, 15) is 14.7 Å². The molecule has 3 unspecified atom stereocenters. The molecule has 0 bridgehead atoms. The molecule has 7 atom stereocenters. The fraction of sp³-hybridized carbons (Fsp3) is 0.818. The summed E-state index contributed by atoms with van der Waals surface area (Å²) in [4.78, 5) is 25.4. The summed E-state index contributed by atoms with van der Waals surface area (Å²) in [5, 5.41) is 11.5. The van der Waals surface area contributed by atoms with E-state index in [1.807, 2.05) is 13.8 Å². The van der Waals surface area contributed by atoms with Crippen molar-refractivity contribution in [2.45, 2.75) is 90.6 Å². The van der Waals surface area contributed by atoms with Gasteiger partial charge in [0.05, 0.1) is 17.6 Å². The lowest BCUT2D eigenvalue weighted by Gasteiger charge is -2.67. The Morgan fingerprint density at radius 2 is 1.89 bits per heavy atom. The molecular weight excluding hydrogens is 344 g/mol. The van der Waals surface area contributed by atoms with Gasteiger partial charge in [0.2, 0.25) is 0 Å². The number of ether oxygens (including phenoxy) is 2. The van der Waals surface area contributed by atoms with Crippen molar-refractivity contribution in [1.29, 1.82) is 0 Å². The summed E-state index contributed by atoms with van der Waals surface area (Å²) >= 11 is 0. The molecule has 0 radical (unpaired) electrons. The molecule has 1 aliphatic heterocycles. The van der Waals surface area contributed by atoms with Gasteiger partial charge in [0.25, 0.3) is 0 Å². The molecule has 0 spiro atoms. The van der Waals surface area contributed by atoms with Crippen molar-refractivity contribution < 1.29 is 24.2 Å². The third-order valence-electron chi connectivity index (χ3n) is 7.56. The highest BCUT2D eigenvalue weighted by atomic mass is 16.6. The Morgan fingerprint density at radius 3 is 2.44 bits per heavy atom. The summed E-state index contributed by atoms with van der Waals surface area (Å²) < 4.78 is 12.1. The van der Waals surface area contributed by atoms with Crippen molar-refractivity contribution in [1.82, 2.24) is 0 Å². The van der Waals surface area contributed by atoms with Gasteiger partial charge >= 0.3 is 5.97 Å². The maximum absolute atomic E-state index is 13.5. The average Bonchev–Trinajstić information content (AvgIpc) is 2.49. The minimum Gasteiger partial charge on any atom is -0.457 e. The van der Waals surface area contributed by atoms with Crippen LogP contribution in [0.5, 0.6) is 0 Å². The number of aliphatic hydroxyl groups excluding tert-OH is 1. The zero-order valence-electron chi connectivity index (χ0n) is 17.5. The van der Waals surface area contributed by atoms with E-state index >= 15 is 0 Å². The topological polar surface area (TPSA) is 72.8 Å². The Morgan fingerprint density at radius 1 is 1.26 bits per heavy atom. The second-order valence-corrected chi connectivity index (χ2v) is 10.2. The van der Waals surface area contributed by atoms with Crippen LogP contribution in [0.3, 0.4) is 0 Å². The van der Waals surface area contributed by atoms with E-state index < -0.39 is 40.7 Å². The highest BCUT2D eigenvalue weighted by molar-refractivity contribution is 5.86. The molecule has 3 rings (SSSR count). The Hall–Kier alpha value is -1.20. The second kappa shape index (κ2) is 6.15. The van der Waals surface area contributed by atoms with Gasteiger partial charge in [0, 0.05) is 13.3 Å². The molecule has 0 aromatic rings. The van der Waals surface area contributed by atoms with E-state index in [1.54, 1.807) is 6.08 Å². The third kappa shape index (κ3) is 2.89. The van der Waals surface area contributed by atoms with E-state index in [4.69, 9.17) is 9.47 Å². The molecule has 0 aromatic heterocycles. The molecule has 27 heavy (non-hydrogen) atoms. The zero-order valence-corrected chi connectivity index (χ0v) is 17.5. The quantitative estimate of drug-likeness (QED) is 0.589. The van der Waals surface area contributed by atoms with Gasteiger partial charge in [-0.1, -0.05) is 33.3 Å². The number of hydrogen-bond acceptors (Lipinski definition) is 5. The highest BCUT2D eigenvalue weighted by Crippen LogP contribution is 2.65. The minimum absolute atomic E-state index is 0.111. The predicted octanol–water partition coefficient (Wildman–Crippen LogP) is 3.43. The highest BCUT2D eigenvalue weighted by Gasteiger charge is 2.71. The third-order valence-corrected chi connectivity index (χ3v) is 7.56. The van der Waals surface area contributed by atoms with Gasteiger partial charge in [0.1, 0.15) is 11.4 Å². The van der Waals surface area contributed by atoms with Crippen molar-refractivity contribution >= 4 is 11.8 Å². The number of hydrogen-bond donors (Lipinski definition) is 1. The maximum atomic E-state index is 13.5. The lowest BCUT2D eigenvalue weighted by Crippen LogP contribution is -2.75. The summed E-state index contributed by atoms with van der Waals surface area (Å²) in [5.41, 5.74) is -2.51. The van der Waals surface area contributed by atoms with E-state index in [-0.39, 0.29) is 23.5 Å². The summed E-state index contributed by atoms with van der Waals surface area (Å²) in [5.74, 6) is -0.948. The molecule has 152 valence electrons. The molecule has 1 heterocycles. The molecular formula is C22H34O5. The Balaban J connectivity index is 2.20. The first kappa shape index (κ1) is 20.5. The van der Waals surface area contributed by atoms with Crippen molar-refractivity contribution in [3.63, 3.8) is 0 Å². The smallest absolute Gasteiger partial charge is 0.303 e. The van der Waals surface area contributed by atoms with Crippen LogP contribution in [0.1, 0.15) is 67.2 Å². The predicted molar refractivity (Wildman–Crippen MR) is 102 cm³/mol. The number of fused-ring (bicyclic) bond motifs is 3. The van der Waals surface area contributed by atoms with Gasteiger partial charge < -0.3 is 14.6 Å². The van der Waals surface area contributed by atoms with Gasteiger partial charge in [-0.25, -0.2) is 0 Å². The fourth-order valence-electron chi connectivity index (χ4n) is 6.91. The molecule has 3 aliphatic rings. The van der Waals surface area contributed by atoms with Gasteiger partial charge in [0.15, 0.2) is 6.10 Å². The monoisotopic (exact) mass is 378 g/mol. The summed E-state index contributed by atoms with van der Waals surface area (Å²) in [6.45, 7) is 15.2. The molecule has 5 heteroatoms. The van der Waals surface area contributed by atoms with Crippen LogP contribution < -0.4 is 0 Å². The van der Waals surface area contributed by atoms with E-state index in [0.717, 1.165) is 19.3 Å². The molecule has 1 saturated heterocycles. The molecule has 0 aromatic carbocycles. The van der Waals surface area contributed by atoms with Crippen LogP contribution in [-0.4, -0.2) is 40.3 Å². The van der Waals surface area contributed by atoms with Gasteiger partial charge in [-0.3, -0.25) is 9.59 Å². The van der Waals surface area contributed by atoms with Gasteiger partial charge in [-0.15, -0.1) is 6.58 Å².